The van der Waals surface area contributed by atoms with Gasteiger partial charge in [-0.15, -0.1) is 0 Å². The van der Waals surface area contributed by atoms with Crippen molar-refractivity contribution in [3.63, 3.8) is 0 Å². The summed E-state index contributed by atoms with van der Waals surface area (Å²) in [6.07, 6.45) is 6.03. The fraction of sp³-hybridized carbons (Fsp3) is 0.533. The molecule has 1 aromatic carbocycles. The second-order valence-corrected chi connectivity index (χ2v) is 4.65. The number of hydrogen-bond donors (Lipinski definition) is 1. The molecule has 0 fully saturated rings. The van der Waals surface area contributed by atoms with Crippen LogP contribution in [0, 0.1) is 5.82 Å². The number of rotatable bonds is 8. The van der Waals surface area contributed by atoms with Gasteiger partial charge in [-0.25, -0.2) is 4.39 Å². The summed E-state index contributed by atoms with van der Waals surface area (Å²) in [6.45, 7) is 2.15. The molecule has 3 heteroatoms. The zero-order valence-corrected chi connectivity index (χ0v) is 10.9. The van der Waals surface area contributed by atoms with Crippen LogP contribution >= 0.6 is 0 Å². The normalized spacial score (nSPS) is 12.3. The highest BCUT2D eigenvalue weighted by Gasteiger charge is 2.19. The minimum absolute atomic E-state index is 0.371. The molecule has 1 atom stereocenters. The number of carbonyl (C=O) groups is 1. The van der Waals surface area contributed by atoms with Crippen molar-refractivity contribution < 1.29 is 14.3 Å². The van der Waals surface area contributed by atoms with Crippen molar-refractivity contribution in [2.75, 3.05) is 0 Å². The number of carboxylic acid groups (broad SMARTS) is 1. The Kier molecular flexibility index (Phi) is 6.40. The second-order valence-electron chi connectivity index (χ2n) is 4.65. The largest absolute Gasteiger partial charge is 0.481 e. The summed E-state index contributed by atoms with van der Waals surface area (Å²) in [5.41, 5.74) is 0.568. The molecule has 0 amide bonds. The first-order chi connectivity index (χ1) is 8.65. The van der Waals surface area contributed by atoms with Crippen molar-refractivity contribution in [3.05, 3.63) is 35.6 Å². The van der Waals surface area contributed by atoms with E-state index in [4.69, 9.17) is 0 Å². The molecule has 0 saturated heterocycles. The number of carboxylic acids is 1. The standard InChI is InChI=1S/C15H21FO2/c1-2-3-4-5-6-10-14(15(17)18)12-8-7-9-13(16)11-12/h7-9,11,14H,2-6,10H2,1H3,(H,17,18). The van der Waals surface area contributed by atoms with Crippen LogP contribution in [-0.4, -0.2) is 11.1 Å². The lowest BCUT2D eigenvalue weighted by molar-refractivity contribution is -0.139. The molecule has 1 aromatic rings. The predicted molar refractivity (Wildman–Crippen MR) is 70.2 cm³/mol. The summed E-state index contributed by atoms with van der Waals surface area (Å²) in [4.78, 5) is 11.2. The van der Waals surface area contributed by atoms with Crippen molar-refractivity contribution >= 4 is 5.97 Å². The lowest BCUT2D eigenvalue weighted by atomic mass is 9.93. The number of hydrogen-bond acceptors (Lipinski definition) is 1. The Morgan fingerprint density at radius 1 is 1.28 bits per heavy atom. The van der Waals surface area contributed by atoms with Gasteiger partial charge in [0.15, 0.2) is 0 Å². The van der Waals surface area contributed by atoms with Gasteiger partial charge < -0.3 is 5.11 Å². The average Bonchev–Trinajstić information content (AvgIpc) is 2.33. The van der Waals surface area contributed by atoms with E-state index in [1.54, 1.807) is 12.1 Å². The van der Waals surface area contributed by atoms with Crippen LogP contribution < -0.4 is 0 Å². The van der Waals surface area contributed by atoms with Gasteiger partial charge in [-0.05, 0) is 24.1 Å². The molecule has 0 heterocycles. The molecule has 100 valence electrons. The first kappa shape index (κ1) is 14.7. The van der Waals surface area contributed by atoms with E-state index in [0.717, 1.165) is 19.3 Å². The molecule has 1 rings (SSSR count). The Bertz CT molecular complexity index is 377. The van der Waals surface area contributed by atoms with E-state index in [1.807, 2.05) is 0 Å². The summed E-state index contributed by atoms with van der Waals surface area (Å²) in [5.74, 6) is -1.82. The van der Waals surface area contributed by atoms with E-state index in [-0.39, 0.29) is 5.82 Å². The molecule has 2 nitrogen and oxygen atoms in total. The number of aliphatic carboxylic acids is 1. The first-order valence-electron chi connectivity index (χ1n) is 6.63. The zero-order valence-electron chi connectivity index (χ0n) is 10.9. The molecule has 0 spiro atoms. The van der Waals surface area contributed by atoms with E-state index in [9.17, 15) is 14.3 Å². The molecule has 0 radical (unpaired) electrons. The molecular weight excluding hydrogens is 231 g/mol. The van der Waals surface area contributed by atoms with E-state index in [0.29, 0.717) is 12.0 Å². The zero-order chi connectivity index (χ0) is 13.4. The van der Waals surface area contributed by atoms with E-state index < -0.39 is 11.9 Å². The Labute approximate surface area is 108 Å². The lowest BCUT2D eigenvalue weighted by Gasteiger charge is -2.12. The predicted octanol–water partition coefficient (Wildman–Crippen LogP) is 4.35. The van der Waals surface area contributed by atoms with Crippen molar-refractivity contribution in [3.8, 4) is 0 Å². The fourth-order valence-corrected chi connectivity index (χ4v) is 2.11. The maximum absolute atomic E-state index is 13.1. The van der Waals surface area contributed by atoms with Crippen LogP contribution in [0.2, 0.25) is 0 Å². The minimum Gasteiger partial charge on any atom is -0.481 e. The van der Waals surface area contributed by atoms with Gasteiger partial charge in [0, 0.05) is 0 Å². The van der Waals surface area contributed by atoms with E-state index in [2.05, 4.69) is 6.92 Å². The fourth-order valence-electron chi connectivity index (χ4n) is 2.11. The van der Waals surface area contributed by atoms with Gasteiger partial charge in [-0.3, -0.25) is 4.79 Å². The highest BCUT2D eigenvalue weighted by atomic mass is 19.1. The Balaban J connectivity index is 2.53. The quantitative estimate of drug-likeness (QED) is 0.698. The highest BCUT2D eigenvalue weighted by Crippen LogP contribution is 2.23. The summed E-state index contributed by atoms with van der Waals surface area (Å²) in [7, 11) is 0. The molecule has 0 saturated carbocycles. The van der Waals surface area contributed by atoms with Crippen LogP contribution in [0.4, 0.5) is 4.39 Å². The SMILES string of the molecule is CCCCCCCC(C(=O)O)c1cccc(F)c1. The second kappa shape index (κ2) is 7.85. The van der Waals surface area contributed by atoms with Gasteiger partial charge in [0.05, 0.1) is 5.92 Å². The van der Waals surface area contributed by atoms with Gasteiger partial charge in [-0.1, -0.05) is 51.2 Å². The van der Waals surface area contributed by atoms with Crippen LogP contribution in [0.1, 0.15) is 56.9 Å². The van der Waals surface area contributed by atoms with Gasteiger partial charge >= 0.3 is 5.97 Å². The maximum atomic E-state index is 13.1. The summed E-state index contributed by atoms with van der Waals surface area (Å²) >= 11 is 0. The van der Waals surface area contributed by atoms with E-state index >= 15 is 0 Å². The number of benzene rings is 1. The summed E-state index contributed by atoms with van der Waals surface area (Å²) in [5, 5.41) is 9.20. The third kappa shape index (κ3) is 4.86. The maximum Gasteiger partial charge on any atom is 0.310 e. The molecule has 0 bridgehead atoms. The third-order valence-electron chi connectivity index (χ3n) is 3.15. The summed E-state index contributed by atoms with van der Waals surface area (Å²) < 4.78 is 13.1. The van der Waals surface area contributed by atoms with Crippen LogP contribution in [-0.2, 0) is 4.79 Å². The van der Waals surface area contributed by atoms with Crippen LogP contribution in [0.25, 0.3) is 0 Å². The van der Waals surface area contributed by atoms with Gasteiger partial charge in [-0.2, -0.15) is 0 Å². The average molecular weight is 252 g/mol. The van der Waals surface area contributed by atoms with Crippen molar-refractivity contribution in [2.45, 2.75) is 51.4 Å². The van der Waals surface area contributed by atoms with Crippen molar-refractivity contribution in [1.82, 2.24) is 0 Å². The van der Waals surface area contributed by atoms with Gasteiger partial charge in [0.1, 0.15) is 5.82 Å². The Hall–Kier alpha value is -1.38. The molecule has 0 aromatic heterocycles. The first-order valence-corrected chi connectivity index (χ1v) is 6.63. The van der Waals surface area contributed by atoms with E-state index in [1.165, 1.54) is 25.0 Å². The van der Waals surface area contributed by atoms with Crippen LogP contribution in [0.3, 0.4) is 0 Å². The summed E-state index contributed by atoms with van der Waals surface area (Å²) in [6, 6.07) is 5.92. The van der Waals surface area contributed by atoms with Crippen LogP contribution in [0.15, 0.2) is 24.3 Å². The van der Waals surface area contributed by atoms with Crippen molar-refractivity contribution in [1.29, 1.82) is 0 Å². The molecule has 18 heavy (non-hydrogen) atoms. The van der Waals surface area contributed by atoms with Gasteiger partial charge in [0.25, 0.3) is 0 Å². The molecular formula is C15H21FO2. The Morgan fingerprint density at radius 2 is 2.00 bits per heavy atom. The van der Waals surface area contributed by atoms with Gasteiger partial charge in [0.2, 0.25) is 0 Å². The molecule has 1 unspecified atom stereocenters. The molecule has 0 aliphatic heterocycles. The van der Waals surface area contributed by atoms with Crippen LogP contribution in [0.5, 0.6) is 0 Å². The minimum atomic E-state index is -0.865. The molecule has 0 aliphatic rings. The Morgan fingerprint density at radius 3 is 2.61 bits per heavy atom. The third-order valence-corrected chi connectivity index (χ3v) is 3.15. The molecule has 1 N–H and O–H groups in total. The monoisotopic (exact) mass is 252 g/mol. The number of unbranched alkanes of at least 4 members (excludes halogenated alkanes) is 4. The lowest BCUT2D eigenvalue weighted by Crippen LogP contribution is -2.11. The highest BCUT2D eigenvalue weighted by molar-refractivity contribution is 5.75. The molecule has 0 aliphatic carbocycles. The smallest absolute Gasteiger partial charge is 0.310 e. The topological polar surface area (TPSA) is 37.3 Å². The number of halogens is 1. The van der Waals surface area contributed by atoms with Crippen molar-refractivity contribution in [2.24, 2.45) is 0 Å².